The van der Waals surface area contributed by atoms with Gasteiger partial charge in [0.2, 0.25) is 6.33 Å². The monoisotopic (exact) mass is 535 g/mol. The summed E-state index contributed by atoms with van der Waals surface area (Å²) < 4.78 is 24.7. The second kappa shape index (κ2) is 10.5. The number of fused-ring (bicyclic) bond motifs is 1. The van der Waals surface area contributed by atoms with Crippen molar-refractivity contribution in [3.8, 4) is 0 Å². The van der Waals surface area contributed by atoms with Crippen LogP contribution in [0, 0.1) is 10.1 Å². The normalized spacial score (nSPS) is 21.1. The van der Waals surface area contributed by atoms with Crippen molar-refractivity contribution in [2.45, 2.75) is 55.4 Å². The first-order valence-corrected chi connectivity index (χ1v) is 11.5. The molecule has 0 aliphatic carbocycles. The van der Waals surface area contributed by atoms with Gasteiger partial charge in [0.15, 0.2) is 29.1 Å². The minimum Gasteiger partial charge on any atom is -0.463 e. The van der Waals surface area contributed by atoms with E-state index < -0.39 is 47.4 Å². The lowest BCUT2D eigenvalue weighted by Crippen LogP contribution is -2.40. The van der Waals surface area contributed by atoms with Gasteiger partial charge in [-0.25, -0.2) is 14.6 Å². The topological polar surface area (TPSA) is 193 Å². The fourth-order valence-electron chi connectivity index (χ4n) is 3.74. The van der Waals surface area contributed by atoms with Gasteiger partial charge in [-0.2, -0.15) is 5.10 Å². The number of aryl methyl sites for hydroxylation is 1. The standard InChI is InChI=1S/C20H21N7O9S/c1-9(28)33-6-13-14(34-10(2)29)15(35-11(3)30)19(36-13)26-16-12(5-24-26)18(22-7-21-16)37-20-17(27(31)32)23-8-25(20)4/h5,7-8,13-15,19H,6H2,1-4H3/t13-,14+,15+,19-/m1/s1. The van der Waals surface area contributed by atoms with Gasteiger partial charge in [0.25, 0.3) is 0 Å². The molecule has 4 rings (SSSR count). The quantitative estimate of drug-likeness (QED) is 0.130. The first kappa shape index (κ1) is 26.0. The largest absolute Gasteiger partial charge is 0.463 e. The maximum atomic E-state index is 11.9. The van der Waals surface area contributed by atoms with Crippen molar-refractivity contribution in [3.63, 3.8) is 0 Å². The highest BCUT2D eigenvalue weighted by Gasteiger charge is 2.51. The minimum atomic E-state index is -1.16. The van der Waals surface area contributed by atoms with Gasteiger partial charge >= 0.3 is 23.7 Å². The number of nitro groups is 1. The minimum absolute atomic E-state index is 0.240. The highest BCUT2D eigenvalue weighted by Crippen LogP contribution is 2.39. The molecule has 0 aromatic carbocycles. The molecule has 0 saturated carbocycles. The van der Waals surface area contributed by atoms with E-state index in [1.807, 2.05) is 0 Å². The number of nitrogens with zero attached hydrogens (tertiary/aromatic N) is 7. The molecule has 0 spiro atoms. The zero-order chi connectivity index (χ0) is 26.9. The van der Waals surface area contributed by atoms with E-state index >= 15 is 0 Å². The molecule has 1 saturated heterocycles. The lowest BCUT2D eigenvalue weighted by Gasteiger charge is -2.23. The van der Waals surface area contributed by atoms with Crippen molar-refractivity contribution in [1.29, 1.82) is 0 Å². The van der Waals surface area contributed by atoms with E-state index in [-0.39, 0.29) is 23.1 Å². The molecule has 0 bridgehead atoms. The molecule has 4 heterocycles. The van der Waals surface area contributed by atoms with Gasteiger partial charge in [-0.3, -0.25) is 14.4 Å². The summed E-state index contributed by atoms with van der Waals surface area (Å²) >= 11 is 0.995. The highest BCUT2D eigenvalue weighted by molar-refractivity contribution is 7.99. The Morgan fingerprint density at radius 3 is 2.46 bits per heavy atom. The number of aromatic nitrogens is 6. The summed E-state index contributed by atoms with van der Waals surface area (Å²) in [6, 6.07) is 0. The van der Waals surface area contributed by atoms with E-state index in [1.54, 1.807) is 7.05 Å². The number of hydrogen-bond acceptors (Lipinski definition) is 14. The Morgan fingerprint density at radius 2 is 1.81 bits per heavy atom. The average molecular weight is 535 g/mol. The van der Waals surface area contributed by atoms with Crippen LogP contribution in [0.3, 0.4) is 0 Å². The molecule has 37 heavy (non-hydrogen) atoms. The summed E-state index contributed by atoms with van der Waals surface area (Å²) in [7, 11) is 1.61. The molecule has 1 aliphatic rings. The van der Waals surface area contributed by atoms with Gasteiger partial charge in [-0.1, -0.05) is 0 Å². The summed E-state index contributed by atoms with van der Waals surface area (Å²) in [4.78, 5) is 58.1. The Hall–Kier alpha value is -4.12. The van der Waals surface area contributed by atoms with E-state index in [0.717, 1.165) is 11.8 Å². The zero-order valence-electron chi connectivity index (χ0n) is 20.0. The maximum Gasteiger partial charge on any atom is 0.396 e. The second-order valence-electron chi connectivity index (χ2n) is 7.86. The molecule has 3 aromatic rings. The van der Waals surface area contributed by atoms with Crippen LogP contribution in [0.25, 0.3) is 11.0 Å². The van der Waals surface area contributed by atoms with Crippen LogP contribution in [0.4, 0.5) is 5.82 Å². The Balaban J connectivity index is 1.73. The first-order valence-electron chi connectivity index (χ1n) is 10.7. The summed E-state index contributed by atoms with van der Waals surface area (Å²) in [5.41, 5.74) is 0.249. The van der Waals surface area contributed by atoms with E-state index in [4.69, 9.17) is 18.9 Å². The third-order valence-corrected chi connectivity index (χ3v) is 6.35. The summed E-state index contributed by atoms with van der Waals surface area (Å²) in [6.45, 7) is 3.29. The fraction of sp³-hybridized carbons (Fsp3) is 0.450. The molecule has 1 aliphatic heterocycles. The lowest BCUT2D eigenvalue weighted by atomic mass is 10.1. The first-order chi connectivity index (χ1) is 17.6. The third-order valence-electron chi connectivity index (χ3n) is 5.17. The molecule has 0 radical (unpaired) electrons. The molecular weight excluding hydrogens is 514 g/mol. The maximum absolute atomic E-state index is 11.9. The van der Waals surface area contributed by atoms with Gasteiger partial charge < -0.3 is 33.6 Å². The van der Waals surface area contributed by atoms with Gasteiger partial charge in [0.1, 0.15) is 24.1 Å². The summed E-state index contributed by atoms with van der Waals surface area (Å²) in [5, 5.41) is 16.7. The van der Waals surface area contributed by atoms with Crippen LogP contribution in [0.15, 0.2) is 28.9 Å². The zero-order valence-corrected chi connectivity index (χ0v) is 20.8. The number of carbonyl (C=O) groups excluding carboxylic acids is 3. The van der Waals surface area contributed by atoms with Gasteiger partial charge in [0.05, 0.1) is 11.6 Å². The molecule has 0 N–H and O–H groups in total. The van der Waals surface area contributed by atoms with Crippen LogP contribution in [0.1, 0.15) is 27.0 Å². The Bertz CT molecular complexity index is 1370. The van der Waals surface area contributed by atoms with E-state index in [1.165, 1.54) is 48.9 Å². The molecule has 4 atom stereocenters. The molecule has 3 aromatic heterocycles. The van der Waals surface area contributed by atoms with Crippen LogP contribution in [-0.4, -0.2) is 77.0 Å². The Kier molecular flexibility index (Phi) is 7.35. The average Bonchev–Trinajstić information content (AvgIpc) is 3.49. The van der Waals surface area contributed by atoms with Crippen LogP contribution in [0.5, 0.6) is 0 Å². The Labute approximate surface area is 212 Å². The summed E-state index contributed by atoms with van der Waals surface area (Å²) in [5.74, 6) is -2.25. The molecule has 17 heteroatoms. The predicted octanol–water partition coefficient (Wildman–Crippen LogP) is 0.943. The number of rotatable bonds is 8. The molecule has 1 fully saturated rings. The number of carbonyl (C=O) groups is 3. The fourth-order valence-corrected chi connectivity index (χ4v) is 4.69. The van der Waals surface area contributed by atoms with Crippen LogP contribution < -0.4 is 0 Å². The van der Waals surface area contributed by atoms with Crippen molar-refractivity contribution in [3.05, 3.63) is 29.0 Å². The van der Waals surface area contributed by atoms with Crippen LogP contribution in [-0.2, 0) is 40.4 Å². The molecule has 0 amide bonds. The van der Waals surface area contributed by atoms with Crippen molar-refractivity contribution in [2.24, 2.45) is 7.05 Å². The van der Waals surface area contributed by atoms with E-state index in [0.29, 0.717) is 10.4 Å². The number of hydrogen-bond donors (Lipinski definition) is 0. The SMILES string of the molecule is CC(=O)OC[C@H]1O[C@@H](n2ncc3c(Sc4c([N+](=O)[O-])ncn4C)ncnc32)[C@@H](OC(C)=O)[C@H]1OC(C)=O. The molecule has 16 nitrogen and oxygen atoms in total. The number of esters is 3. The second-order valence-corrected chi connectivity index (χ2v) is 8.84. The van der Waals surface area contributed by atoms with Crippen molar-refractivity contribution in [2.75, 3.05) is 6.61 Å². The van der Waals surface area contributed by atoms with Gasteiger partial charge in [0, 0.05) is 27.8 Å². The number of ether oxygens (including phenoxy) is 4. The van der Waals surface area contributed by atoms with E-state index in [9.17, 15) is 24.5 Å². The van der Waals surface area contributed by atoms with Crippen LogP contribution >= 0.6 is 11.8 Å². The predicted molar refractivity (Wildman–Crippen MR) is 121 cm³/mol. The molecule has 196 valence electrons. The van der Waals surface area contributed by atoms with Gasteiger partial charge in [-0.05, 0) is 21.7 Å². The summed E-state index contributed by atoms with van der Waals surface area (Å²) in [6.07, 6.45) is -0.391. The Morgan fingerprint density at radius 1 is 1.11 bits per heavy atom. The van der Waals surface area contributed by atoms with E-state index in [2.05, 4.69) is 20.1 Å². The lowest BCUT2D eigenvalue weighted by molar-refractivity contribution is -0.392. The van der Waals surface area contributed by atoms with Crippen molar-refractivity contribution < 1.29 is 38.3 Å². The smallest absolute Gasteiger partial charge is 0.396 e. The number of imidazole rings is 1. The van der Waals surface area contributed by atoms with Crippen LogP contribution in [0.2, 0.25) is 0 Å². The van der Waals surface area contributed by atoms with Crippen molar-refractivity contribution >= 4 is 46.5 Å². The molecule has 0 unspecified atom stereocenters. The van der Waals surface area contributed by atoms with Crippen molar-refractivity contribution in [1.82, 2.24) is 29.3 Å². The molecular formula is C20H21N7O9S. The highest BCUT2D eigenvalue weighted by atomic mass is 32.2. The van der Waals surface area contributed by atoms with Gasteiger partial charge in [-0.15, -0.1) is 0 Å². The third kappa shape index (κ3) is 5.36.